The molecule has 1 aromatic carbocycles. The van der Waals surface area contributed by atoms with Gasteiger partial charge in [-0.1, -0.05) is 29.8 Å². The molecule has 0 unspecified atom stereocenters. The fourth-order valence-corrected chi connectivity index (χ4v) is 1.89. The van der Waals surface area contributed by atoms with Gasteiger partial charge in [-0.2, -0.15) is 0 Å². The summed E-state index contributed by atoms with van der Waals surface area (Å²) in [6.45, 7) is 2.58. The van der Waals surface area contributed by atoms with Crippen LogP contribution in [0.2, 0.25) is 0 Å². The third-order valence-electron chi connectivity index (χ3n) is 2.29. The molecule has 2 rings (SSSR count). The van der Waals surface area contributed by atoms with Gasteiger partial charge in [-0.05, 0) is 28.4 Å². The van der Waals surface area contributed by atoms with Crippen molar-refractivity contribution in [2.45, 2.75) is 13.5 Å². The standard InChI is InChI=1S/C12H11BrN2O/c1-9-3-2-4-10(5-9)7-15-8-14-6-11(13)12(15)16/h2-6,8H,7H2,1H3. The van der Waals surface area contributed by atoms with Gasteiger partial charge in [0.2, 0.25) is 0 Å². The van der Waals surface area contributed by atoms with Crippen LogP contribution in [0.4, 0.5) is 0 Å². The second kappa shape index (κ2) is 4.61. The second-order valence-corrected chi connectivity index (χ2v) is 4.52. The lowest BCUT2D eigenvalue weighted by Gasteiger charge is -2.05. The summed E-state index contributed by atoms with van der Waals surface area (Å²) in [5.74, 6) is 0. The molecule has 0 atom stereocenters. The third kappa shape index (κ3) is 2.39. The Kier molecular flexibility index (Phi) is 3.19. The van der Waals surface area contributed by atoms with Gasteiger partial charge in [0.15, 0.2) is 0 Å². The molecule has 0 aliphatic carbocycles. The lowest BCUT2D eigenvalue weighted by atomic mass is 10.1. The Balaban J connectivity index is 2.34. The number of hydrogen-bond donors (Lipinski definition) is 0. The summed E-state index contributed by atoms with van der Waals surface area (Å²) in [5, 5.41) is 0. The average Bonchev–Trinajstić information content (AvgIpc) is 2.25. The molecule has 0 aliphatic heterocycles. The summed E-state index contributed by atoms with van der Waals surface area (Å²) in [6, 6.07) is 8.08. The molecule has 82 valence electrons. The topological polar surface area (TPSA) is 34.9 Å². The molecular formula is C12H11BrN2O. The Labute approximate surface area is 102 Å². The van der Waals surface area contributed by atoms with Crippen molar-refractivity contribution in [3.63, 3.8) is 0 Å². The number of halogens is 1. The molecule has 16 heavy (non-hydrogen) atoms. The maximum atomic E-state index is 11.7. The molecule has 0 amide bonds. The Bertz CT molecular complexity index is 563. The number of aryl methyl sites for hydroxylation is 1. The Morgan fingerprint density at radius 2 is 2.25 bits per heavy atom. The molecule has 0 radical (unpaired) electrons. The van der Waals surface area contributed by atoms with Gasteiger partial charge < -0.3 is 0 Å². The van der Waals surface area contributed by atoms with Gasteiger partial charge >= 0.3 is 0 Å². The summed E-state index contributed by atoms with van der Waals surface area (Å²) in [6.07, 6.45) is 3.06. The van der Waals surface area contributed by atoms with Crippen LogP contribution in [0.15, 0.2) is 46.1 Å². The predicted molar refractivity (Wildman–Crippen MR) is 66.5 cm³/mol. The molecule has 0 bridgehead atoms. The molecule has 0 fully saturated rings. The first kappa shape index (κ1) is 11.1. The fourth-order valence-electron chi connectivity index (χ4n) is 1.54. The monoisotopic (exact) mass is 278 g/mol. The molecule has 0 N–H and O–H groups in total. The number of rotatable bonds is 2. The van der Waals surface area contributed by atoms with E-state index >= 15 is 0 Å². The van der Waals surface area contributed by atoms with Crippen LogP contribution < -0.4 is 5.56 Å². The normalized spacial score (nSPS) is 10.4. The summed E-state index contributed by atoms with van der Waals surface area (Å²) >= 11 is 3.18. The minimum Gasteiger partial charge on any atom is -0.294 e. The van der Waals surface area contributed by atoms with Crippen LogP contribution in [0.1, 0.15) is 11.1 Å². The van der Waals surface area contributed by atoms with Crippen molar-refractivity contribution >= 4 is 15.9 Å². The Morgan fingerprint density at radius 3 is 3.00 bits per heavy atom. The van der Waals surface area contributed by atoms with Gasteiger partial charge in [0.25, 0.3) is 5.56 Å². The molecule has 3 nitrogen and oxygen atoms in total. The summed E-state index contributed by atoms with van der Waals surface area (Å²) in [7, 11) is 0. The third-order valence-corrected chi connectivity index (χ3v) is 2.84. The van der Waals surface area contributed by atoms with Crippen LogP contribution in [-0.4, -0.2) is 9.55 Å². The lowest BCUT2D eigenvalue weighted by Crippen LogP contribution is -2.21. The zero-order valence-electron chi connectivity index (χ0n) is 8.85. The van der Waals surface area contributed by atoms with Crippen LogP contribution >= 0.6 is 15.9 Å². The quantitative estimate of drug-likeness (QED) is 0.845. The van der Waals surface area contributed by atoms with Gasteiger partial charge in [0.1, 0.15) is 4.47 Å². The first-order valence-electron chi connectivity index (χ1n) is 4.92. The van der Waals surface area contributed by atoms with Gasteiger partial charge in [-0.3, -0.25) is 9.36 Å². The van der Waals surface area contributed by atoms with E-state index in [1.807, 2.05) is 25.1 Å². The van der Waals surface area contributed by atoms with E-state index in [9.17, 15) is 4.79 Å². The maximum Gasteiger partial charge on any atom is 0.267 e. The summed E-state index contributed by atoms with van der Waals surface area (Å²) in [4.78, 5) is 15.7. The first-order valence-corrected chi connectivity index (χ1v) is 5.71. The lowest BCUT2D eigenvalue weighted by molar-refractivity contribution is 0.730. The van der Waals surface area contributed by atoms with E-state index in [-0.39, 0.29) is 5.56 Å². The zero-order chi connectivity index (χ0) is 11.5. The number of hydrogen-bond acceptors (Lipinski definition) is 2. The van der Waals surface area contributed by atoms with Gasteiger partial charge in [-0.15, -0.1) is 0 Å². The second-order valence-electron chi connectivity index (χ2n) is 3.66. The van der Waals surface area contributed by atoms with E-state index in [0.717, 1.165) is 5.56 Å². The van der Waals surface area contributed by atoms with Crippen molar-refractivity contribution in [2.75, 3.05) is 0 Å². The van der Waals surface area contributed by atoms with Crippen LogP contribution in [0.5, 0.6) is 0 Å². The first-order chi connectivity index (χ1) is 7.66. The molecule has 0 aliphatic rings. The van der Waals surface area contributed by atoms with E-state index in [4.69, 9.17) is 0 Å². The highest BCUT2D eigenvalue weighted by molar-refractivity contribution is 9.10. The Hall–Kier alpha value is -1.42. The van der Waals surface area contributed by atoms with Crippen molar-refractivity contribution < 1.29 is 0 Å². The molecule has 0 spiro atoms. The van der Waals surface area contributed by atoms with Crippen molar-refractivity contribution in [3.05, 3.63) is 62.7 Å². The van der Waals surface area contributed by atoms with Gasteiger partial charge in [0.05, 0.1) is 12.9 Å². The minimum absolute atomic E-state index is 0.0588. The highest BCUT2D eigenvalue weighted by atomic mass is 79.9. The summed E-state index contributed by atoms with van der Waals surface area (Å²) < 4.78 is 2.07. The maximum absolute atomic E-state index is 11.7. The smallest absolute Gasteiger partial charge is 0.267 e. The zero-order valence-corrected chi connectivity index (χ0v) is 10.4. The predicted octanol–water partition coefficient (Wildman–Crippen LogP) is 2.36. The summed E-state index contributed by atoms with van der Waals surface area (Å²) in [5.41, 5.74) is 2.23. The molecule has 4 heteroatoms. The molecule has 1 heterocycles. The van der Waals surface area contributed by atoms with E-state index in [0.29, 0.717) is 11.0 Å². The molecular weight excluding hydrogens is 268 g/mol. The van der Waals surface area contributed by atoms with Crippen molar-refractivity contribution in [3.8, 4) is 0 Å². The van der Waals surface area contributed by atoms with Crippen molar-refractivity contribution in [2.24, 2.45) is 0 Å². The SMILES string of the molecule is Cc1cccc(Cn2cncc(Br)c2=O)c1. The van der Waals surface area contributed by atoms with Crippen LogP contribution in [0.25, 0.3) is 0 Å². The van der Waals surface area contributed by atoms with Gasteiger partial charge in [-0.25, -0.2) is 4.98 Å². The minimum atomic E-state index is -0.0588. The van der Waals surface area contributed by atoms with E-state index in [1.54, 1.807) is 10.9 Å². The van der Waals surface area contributed by atoms with Crippen molar-refractivity contribution in [1.82, 2.24) is 9.55 Å². The molecule has 0 saturated heterocycles. The number of aromatic nitrogens is 2. The largest absolute Gasteiger partial charge is 0.294 e. The molecule has 1 aromatic heterocycles. The van der Waals surface area contributed by atoms with E-state index in [1.165, 1.54) is 11.8 Å². The fraction of sp³-hybridized carbons (Fsp3) is 0.167. The van der Waals surface area contributed by atoms with Gasteiger partial charge in [0, 0.05) is 6.20 Å². The number of benzene rings is 1. The highest BCUT2D eigenvalue weighted by Crippen LogP contribution is 2.06. The number of nitrogens with zero attached hydrogens (tertiary/aromatic N) is 2. The van der Waals surface area contributed by atoms with Crippen molar-refractivity contribution in [1.29, 1.82) is 0 Å². The molecule has 0 saturated carbocycles. The molecule has 2 aromatic rings. The van der Waals surface area contributed by atoms with Crippen LogP contribution in [0, 0.1) is 6.92 Å². The highest BCUT2D eigenvalue weighted by Gasteiger charge is 2.01. The van der Waals surface area contributed by atoms with E-state index < -0.39 is 0 Å². The van der Waals surface area contributed by atoms with Crippen LogP contribution in [-0.2, 0) is 6.54 Å². The average molecular weight is 279 g/mol. The Morgan fingerprint density at radius 1 is 1.44 bits per heavy atom. The van der Waals surface area contributed by atoms with E-state index in [2.05, 4.69) is 27.0 Å². The van der Waals surface area contributed by atoms with Crippen LogP contribution in [0.3, 0.4) is 0 Å².